The molecule has 0 spiro atoms. The molecule has 0 heterocycles. The first-order valence-electron chi connectivity index (χ1n) is 9.84. The maximum atomic E-state index is 12.7. The summed E-state index contributed by atoms with van der Waals surface area (Å²) in [6.07, 6.45) is 2.35. The molecular formula is C22H30N4O3. The Bertz CT molecular complexity index is 765. The highest BCUT2D eigenvalue weighted by Crippen LogP contribution is 2.12. The molecule has 0 unspecified atom stereocenters. The average molecular weight is 399 g/mol. The van der Waals surface area contributed by atoms with Gasteiger partial charge in [0.25, 0.3) is 0 Å². The van der Waals surface area contributed by atoms with E-state index >= 15 is 0 Å². The lowest BCUT2D eigenvalue weighted by Gasteiger charge is -2.21. The van der Waals surface area contributed by atoms with E-state index in [0.717, 1.165) is 17.5 Å². The van der Waals surface area contributed by atoms with Crippen molar-refractivity contribution in [2.45, 2.75) is 44.4 Å². The van der Waals surface area contributed by atoms with Crippen molar-refractivity contribution in [3.8, 4) is 0 Å². The molecule has 0 aromatic heterocycles. The van der Waals surface area contributed by atoms with E-state index in [0.29, 0.717) is 31.5 Å². The Labute approximate surface area is 171 Å². The Kier molecular flexibility index (Phi) is 9.30. The van der Waals surface area contributed by atoms with Gasteiger partial charge in [-0.1, -0.05) is 42.5 Å². The van der Waals surface area contributed by atoms with Gasteiger partial charge in [0.15, 0.2) is 0 Å². The molecule has 0 radical (unpaired) electrons. The third-order valence-corrected chi connectivity index (χ3v) is 4.62. The van der Waals surface area contributed by atoms with Crippen LogP contribution in [0.3, 0.4) is 0 Å². The molecule has 2 aromatic rings. The molecule has 0 saturated heterocycles. The number of hydrogen-bond donors (Lipinski definition) is 5. The molecule has 7 nitrogen and oxygen atoms in total. The molecular weight excluding hydrogens is 368 g/mol. The number of nitrogens with two attached hydrogens (primary N) is 2. The summed E-state index contributed by atoms with van der Waals surface area (Å²) in [4.78, 5) is 25.3. The molecule has 2 atom stereocenters. The summed E-state index contributed by atoms with van der Waals surface area (Å²) in [5.74, 6) is -0.670. The van der Waals surface area contributed by atoms with Crippen molar-refractivity contribution < 1.29 is 14.7 Å². The highest BCUT2D eigenvalue weighted by molar-refractivity contribution is 5.97. The quantitative estimate of drug-likeness (QED) is 0.364. The Morgan fingerprint density at radius 1 is 0.931 bits per heavy atom. The van der Waals surface area contributed by atoms with E-state index in [1.54, 1.807) is 24.3 Å². The summed E-state index contributed by atoms with van der Waals surface area (Å²) in [6, 6.07) is 15.0. The van der Waals surface area contributed by atoms with Crippen LogP contribution in [-0.4, -0.2) is 35.5 Å². The van der Waals surface area contributed by atoms with Crippen LogP contribution in [0, 0.1) is 0 Å². The number of nitrogens with one attached hydrogen (secondary N) is 2. The molecule has 0 saturated carbocycles. The topological polar surface area (TPSA) is 130 Å². The van der Waals surface area contributed by atoms with Crippen LogP contribution in [0.15, 0.2) is 54.6 Å². The van der Waals surface area contributed by atoms with E-state index in [-0.39, 0.29) is 18.4 Å². The number of benzene rings is 2. The van der Waals surface area contributed by atoms with Gasteiger partial charge in [0, 0.05) is 5.69 Å². The molecule has 7 N–H and O–H groups in total. The fourth-order valence-electron chi connectivity index (χ4n) is 2.92. The van der Waals surface area contributed by atoms with Crippen LogP contribution >= 0.6 is 0 Å². The molecule has 7 heteroatoms. The van der Waals surface area contributed by atoms with E-state index in [9.17, 15) is 9.59 Å². The lowest BCUT2D eigenvalue weighted by molar-refractivity contribution is -0.127. The van der Waals surface area contributed by atoms with Crippen molar-refractivity contribution in [3.63, 3.8) is 0 Å². The van der Waals surface area contributed by atoms with E-state index in [1.165, 1.54) is 0 Å². The van der Waals surface area contributed by atoms with E-state index < -0.39 is 12.1 Å². The first kappa shape index (κ1) is 22.5. The van der Waals surface area contributed by atoms with Crippen molar-refractivity contribution in [3.05, 3.63) is 65.7 Å². The Morgan fingerprint density at radius 3 is 2.24 bits per heavy atom. The van der Waals surface area contributed by atoms with Crippen molar-refractivity contribution in [1.29, 1.82) is 0 Å². The number of amides is 2. The van der Waals surface area contributed by atoms with E-state index in [2.05, 4.69) is 10.6 Å². The second-order valence-corrected chi connectivity index (χ2v) is 6.99. The van der Waals surface area contributed by atoms with Crippen LogP contribution in [-0.2, 0) is 22.6 Å². The number of anilines is 1. The summed E-state index contributed by atoms with van der Waals surface area (Å²) in [5.41, 5.74) is 13.9. The molecule has 0 aliphatic heterocycles. The highest BCUT2D eigenvalue weighted by Gasteiger charge is 2.23. The minimum Gasteiger partial charge on any atom is -0.392 e. The number of aliphatic hydroxyl groups is 1. The van der Waals surface area contributed by atoms with E-state index in [4.69, 9.17) is 16.6 Å². The average Bonchev–Trinajstić information content (AvgIpc) is 2.74. The van der Waals surface area contributed by atoms with Gasteiger partial charge in [-0.2, -0.15) is 0 Å². The van der Waals surface area contributed by atoms with E-state index in [1.807, 2.05) is 30.3 Å². The van der Waals surface area contributed by atoms with Crippen LogP contribution in [0.25, 0.3) is 0 Å². The van der Waals surface area contributed by atoms with Crippen LogP contribution in [0.5, 0.6) is 0 Å². The van der Waals surface area contributed by atoms with Gasteiger partial charge in [-0.05, 0) is 55.5 Å². The second kappa shape index (κ2) is 12.0. The van der Waals surface area contributed by atoms with Crippen LogP contribution in [0.2, 0.25) is 0 Å². The predicted molar refractivity (Wildman–Crippen MR) is 114 cm³/mol. The summed E-state index contributed by atoms with van der Waals surface area (Å²) in [7, 11) is 0. The van der Waals surface area contributed by atoms with Crippen molar-refractivity contribution in [2.24, 2.45) is 11.5 Å². The highest BCUT2D eigenvalue weighted by atomic mass is 16.3. The molecule has 2 rings (SSSR count). The number of carbonyl (C=O) groups excluding carboxylic acids is 2. The molecule has 0 aliphatic carbocycles. The van der Waals surface area contributed by atoms with Gasteiger partial charge in [-0.15, -0.1) is 0 Å². The largest absolute Gasteiger partial charge is 0.392 e. The maximum Gasteiger partial charge on any atom is 0.246 e. The van der Waals surface area contributed by atoms with Crippen molar-refractivity contribution in [2.75, 3.05) is 11.9 Å². The zero-order chi connectivity index (χ0) is 21.1. The molecule has 0 bridgehead atoms. The summed E-state index contributed by atoms with van der Waals surface area (Å²) >= 11 is 0. The van der Waals surface area contributed by atoms with Crippen LogP contribution < -0.4 is 22.1 Å². The minimum absolute atomic E-state index is 0.0642. The van der Waals surface area contributed by atoms with Gasteiger partial charge in [0.2, 0.25) is 11.8 Å². The fraction of sp³-hybridized carbons (Fsp3) is 0.364. The number of aliphatic hydroxyl groups excluding tert-OH is 1. The normalized spacial score (nSPS) is 12.8. The van der Waals surface area contributed by atoms with Crippen LogP contribution in [0.4, 0.5) is 5.69 Å². The lowest BCUT2D eigenvalue weighted by Crippen LogP contribution is -2.50. The first-order chi connectivity index (χ1) is 14.0. The zero-order valence-corrected chi connectivity index (χ0v) is 16.5. The molecule has 0 aliphatic rings. The third kappa shape index (κ3) is 7.65. The predicted octanol–water partition coefficient (Wildman–Crippen LogP) is 1.30. The third-order valence-electron chi connectivity index (χ3n) is 4.62. The number of rotatable bonds is 11. The Balaban J connectivity index is 1.99. The monoisotopic (exact) mass is 398 g/mol. The Morgan fingerprint density at radius 2 is 1.62 bits per heavy atom. The van der Waals surface area contributed by atoms with Gasteiger partial charge in [-0.25, -0.2) is 0 Å². The summed E-state index contributed by atoms with van der Waals surface area (Å²) in [6.45, 7) is 0.462. The standard InChI is InChI=1S/C22H30N4O3/c23-13-5-4-8-20(22(29)25-18-11-9-17(15-27)10-12-18)26-21(28)19(24)14-16-6-2-1-3-7-16/h1-3,6-7,9-12,19-20,27H,4-5,8,13-15,23-24H2,(H,25,29)(H,26,28)/t19-,20-/m0/s1. The van der Waals surface area contributed by atoms with Gasteiger partial charge in [0.05, 0.1) is 12.6 Å². The SMILES string of the molecule is NCCCC[C@H](NC(=O)[C@@H](N)Cc1ccccc1)C(=O)Nc1ccc(CO)cc1. The van der Waals surface area contributed by atoms with Gasteiger partial charge < -0.3 is 27.2 Å². The molecule has 0 fully saturated rings. The molecule has 2 aromatic carbocycles. The smallest absolute Gasteiger partial charge is 0.246 e. The maximum absolute atomic E-state index is 12.7. The molecule has 2 amide bonds. The zero-order valence-electron chi connectivity index (χ0n) is 16.5. The van der Waals surface area contributed by atoms with Crippen molar-refractivity contribution in [1.82, 2.24) is 5.32 Å². The molecule has 29 heavy (non-hydrogen) atoms. The van der Waals surface area contributed by atoms with Crippen molar-refractivity contribution >= 4 is 17.5 Å². The van der Waals surface area contributed by atoms with Gasteiger partial charge in [-0.3, -0.25) is 9.59 Å². The second-order valence-electron chi connectivity index (χ2n) is 6.99. The lowest BCUT2D eigenvalue weighted by atomic mass is 10.0. The first-order valence-corrected chi connectivity index (χ1v) is 9.84. The Hall–Kier alpha value is -2.74. The summed E-state index contributed by atoms with van der Waals surface area (Å²) in [5, 5.41) is 14.7. The van der Waals surface area contributed by atoms with Gasteiger partial charge in [0.1, 0.15) is 6.04 Å². The minimum atomic E-state index is -0.744. The number of unbranched alkanes of at least 4 members (excludes halogenated alkanes) is 1. The van der Waals surface area contributed by atoms with Gasteiger partial charge >= 0.3 is 0 Å². The number of carbonyl (C=O) groups is 2. The summed E-state index contributed by atoms with van der Waals surface area (Å²) < 4.78 is 0. The van der Waals surface area contributed by atoms with Crippen LogP contribution in [0.1, 0.15) is 30.4 Å². The fourth-order valence-corrected chi connectivity index (χ4v) is 2.92. The molecule has 156 valence electrons. The number of hydrogen-bond acceptors (Lipinski definition) is 5.